The third-order valence-corrected chi connectivity index (χ3v) is 5.00. The summed E-state index contributed by atoms with van der Waals surface area (Å²) in [5.41, 5.74) is 0.996. The highest BCUT2D eigenvalue weighted by Crippen LogP contribution is 2.15. The molecule has 2 fully saturated rings. The number of nitrogens with zero attached hydrogens (tertiary/aromatic N) is 3. The van der Waals surface area contributed by atoms with E-state index in [0.29, 0.717) is 12.6 Å². The summed E-state index contributed by atoms with van der Waals surface area (Å²) in [6.45, 7) is 9.70. The molecule has 5 nitrogen and oxygen atoms in total. The van der Waals surface area contributed by atoms with Crippen molar-refractivity contribution in [2.45, 2.75) is 19.4 Å². The van der Waals surface area contributed by atoms with E-state index in [-0.39, 0.29) is 5.91 Å². The first kappa shape index (κ1) is 16.4. The summed E-state index contributed by atoms with van der Waals surface area (Å²) in [4.78, 5) is 19.4. The molecule has 2 aliphatic rings. The Balaban J connectivity index is 1.50. The predicted molar refractivity (Wildman–Crippen MR) is 93.8 cm³/mol. The van der Waals surface area contributed by atoms with Crippen LogP contribution in [0.3, 0.4) is 0 Å². The van der Waals surface area contributed by atoms with Crippen molar-refractivity contribution in [3.63, 3.8) is 0 Å². The lowest BCUT2D eigenvalue weighted by Gasteiger charge is -2.38. The Hall–Kier alpha value is -1.43. The van der Waals surface area contributed by atoms with Gasteiger partial charge in [0.05, 0.1) is 6.54 Å². The van der Waals surface area contributed by atoms with Gasteiger partial charge in [0.25, 0.3) is 0 Å². The summed E-state index contributed by atoms with van der Waals surface area (Å²) in [6, 6.07) is 10.7. The number of nitrogens with one attached hydrogen (secondary N) is 1. The Kier molecular flexibility index (Phi) is 5.65. The molecular formula is C18H28N4O. The normalized spacial score (nSPS) is 23.1. The van der Waals surface area contributed by atoms with Crippen LogP contribution in [0.15, 0.2) is 30.3 Å². The van der Waals surface area contributed by atoms with Crippen LogP contribution in [-0.2, 0) is 4.79 Å². The summed E-state index contributed by atoms with van der Waals surface area (Å²) in [7, 11) is 0. The van der Waals surface area contributed by atoms with Crippen LogP contribution < -0.4 is 10.2 Å². The fourth-order valence-electron chi connectivity index (χ4n) is 3.63. The van der Waals surface area contributed by atoms with Crippen molar-refractivity contribution < 1.29 is 4.79 Å². The van der Waals surface area contributed by atoms with Crippen LogP contribution in [-0.4, -0.2) is 74.1 Å². The predicted octanol–water partition coefficient (Wildman–Crippen LogP) is 1.02. The van der Waals surface area contributed by atoms with Crippen LogP contribution in [0.25, 0.3) is 0 Å². The smallest absolute Gasteiger partial charge is 0.241 e. The summed E-state index contributed by atoms with van der Waals surface area (Å²) < 4.78 is 0. The average molecular weight is 316 g/mol. The van der Waals surface area contributed by atoms with E-state index in [1.807, 2.05) is 42.2 Å². The second-order valence-electron chi connectivity index (χ2n) is 6.43. The summed E-state index contributed by atoms with van der Waals surface area (Å²) >= 11 is 0. The van der Waals surface area contributed by atoms with E-state index in [4.69, 9.17) is 0 Å². The van der Waals surface area contributed by atoms with Crippen molar-refractivity contribution >= 4 is 11.6 Å². The van der Waals surface area contributed by atoms with E-state index >= 15 is 0 Å². The molecule has 0 aliphatic carbocycles. The lowest BCUT2D eigenvalue weighted by Crippen LogP contribution is -2.53. The molecule has 0 spiro atoms. The largest absolute Gasteiger partial charge is 0.315 e. The van der Waals surface area contributed by atoms with Crippen LogP contribution >= 0.6 is 0 Å². The molecule has 2 heterocycles. The van der Waals surface area contributed by atoms with Crippen LogP contribution in [0.5, 0.6) is 0 Å². The quantitative estimate of drug-likeness (QED) is 0.880. The van der Waals surface area contributed by atoms with E-state index in [9.17, 15) is 4.79 Å². The van der Waals surface area contributed by atoms with E-state index in [1.165, 1.54) is 6.42 Å². The van der Waals surface area contributed by atoms with Gasteiger partial charge in [-0.25, -0.2) is 0 Å². The van der Waals surface area contributed by atoms with Gasteiger partial charge in [-0.2, -0.15) is 0 Å². The highest BCUT2D eigenvalue weighted by Gasteiger charge is 2.27. The number of carbonyl (C=O) groups excluding carboxylic acids is 1. The lowest BCUT2D eigenvalue weighted by atomic mass is 10.2. The van der Waals surface area contributed by atoms with Gasteiger partial charge in [-0.05, 0) is 32.0 Å². The van der Waals surface area contributed by atoms with E-state index in [1.54, 1.807) is 0 Å². The molecule has 0 saturated carbocycles. The number of hydrogen-bond acceptors (Lipinski definition) is 4. The average Bonchev–Trinajstić information content (AvgIpc) is 3.12. The summed E-state index contributed by atoms with van der Waals surface area (Å²) in [5.74, 6) is 0.203. The zero-order valence-electron chi connectivity index (χ0n) is 14.1. The van der Waals surface area contributed by atoms with Crippen molar-refractivity contribution in [3.8, 4) is 0 Å². The molecule has 0 aromatic heterocycles. The summed E-state index contributed by atoms with van der Waals surface area (Å²) in [6.07, 6.45) is 1.26. The van der Waals surface area contributed by atoms with Gasteiger partial charge in [0.1, 0.15) is 0 Å². The minimum atomic E-state index is 0.203. The first-order chi connectivity index (χ1) is 11.3. The number of carbonyl (C=O) groups is 1. The first-order valence-corrected chi connectivity index (χ1v) is 8.80. The highest BCUT2D eigenvalue weighted by molar-refractivity contribution is 5.94. The maximum atomic E-state index is 12.6. The molecule has 3 rings (SSSR count). The van der Waals surface area contributed by atoms with Crippen LogP contribution in [0.4, 0.5) is 5.69 Å². The minimum absolute atomic E-state index is 0.203. The molecule has 1 N–H and O–H groups in total. The van der Waals surface area contributed by atoms with Gasteiger partial charge in [-0.1, -0.05) is 18.2 Å². The molecule has 0 bridgehead atoms. The number of para-hydroxylation sites is 1. The molecule has 23 heavy (non-hydrogen) atoms. The number of amides is 1. The first-order valence-electron chi connectivity index (χ1n) is 8.80. The van der Waals surface area contributed by atoms with Crippen molar-refractivity contribution in [1.82, 2.24) is 15.1 Å². The Morgan fingerprint density at radius 2 is 1.96 bits per heavy atom. The fourth-order valence-corrected chi connectivity index (χ4v) is 3.63. The second-order valence-corrected chi connectivity index (χ2v) is 6.43. The topological polar surface area (TPSA) is 38.8 Å². The molecule has 2 aliphatic heterocycles. The molecule has 0 radical (unpaired) electrons. The number of piperazine rings is 1. The van der Waals surface area contributed by atoms with Crippen LogP contribution in [0.2, 0.25) is 0 Å². The molecule has 1 aromatic carbocycles. The van der Waals surface area contributed by atoms with Gasteiger partial charge in [-0.3, -0.25) is 14.6 Å². The van der Waals surface area contributed by atoms with Crippen molar-refractivity contribution in [1.29, 1.82) is 0 Å². The standard InChI is InChI=1S/C18H28N4O/c1-2-22(16-6-4-3-5-7-16)18(23)15-20-10-12-21(13-11-20)17-8-9-19-14-17/h3-7,17,19H,2,8-15H2,1H3. The number of hydrogen-bond donors (Lipinski definition) is 1. The second kappa shape index (κ2) is 7.90. The SMILES string of the molecule is CCN(C(=O)CN1CCN(C2CCNC2)CC1)c1ccccc1. The molecule has 5 heteroatoms. The van der Waals surface area contributed by atoms with Crippen LogP contribution in [0, 0.1) is 0 Å². The molecule has 1 unspecified atom stereocenters. The zero-order chi connectivity index (χ0) is 16.1. The van der Waals surface area contributed by atoms with E-state index in [0.717, 1.165) is 51.5 Å². The highest BCUT2D eigenvalue weighted by atomic mass is 16.2. The maximum absolute atomic E-state index is 12.6. The van der Waals surface area contributed by atoms with Crippen LogP contribution in [0.1, 0.15) is 13.3 Å². The Morgan fingerprint density at radius 3 is 2.57 bits per heavy atom. The maximum Gasteiger partial charge on any atom is 0.241 e. The molecule has 1 atom stereocenters. The Bertz CT molecular complexity index is 493. The molecule has 1 aromatic rings. The van der Waals surface area contributed by atoms with E-state index in [2.05, 4.69) is 15.1 Å². The molecule has 2 saturated heterocycles. The Labute approximate surface area is 139 Å². The monoisotopic (exact) mass is 316 g/mol. The molecule has 1 amide bonds. The van der Waals surface area contributed by atoms with Gasteiger partial charge < -0.3 is 10.2 Å². The van der Waals surface area contributed by atoms with E-state index < -0.39 is 0 Å². The van der Waals surface area contributed by atoms with Gasteiger partial charge >= 0.3 is 0 Å². The lowest BCUT2D eigenvalue weighted by molar-refractivity contribution is -0.120. The van der Waals surface area contributed by atoms with Gasteiger partial charge in [0, 0.05) is 51.0 Å². The van der Waals surface area contributed by atoms with Gasteiger partial charge in [0.2, 0.25) is 5.91 Å². The zero-order valence-corrected chi connectivity index (χ0v) is 14.1. The number of rotatable bonds is 5. The molecule has 126 valence electrons. The Morgan fingerprint density at radius 1 is 1.22 bits per heavy atom. The number of benzene rings is 1. The van der Waals surface area contributed by atoms with Crippen molar-refractivity contribution in [2.24, 2.45) is 0 Å². The van der Waals surface area contributed by atoms with Crippen molar-refractivity contribution in [3.05, 3.63) is 30.3 Å². The van der Waals surface area contributed by atoms with Gasteiger partial charge in [-0.15, -0.1) is 0 Å². The van der Waals surface area contributed by atoms with Crippen molar-refractivity contribution in [2.75, 3.05) is 57.3 Å². The number of likely N-dealkylation sites (N-methyl/N-ethyl adjacent to an activating group) is 1. The third-order valence-electron chi connectivity index (χ3n) is 5.00. The summed E-state index contributed by atoms with van der Waals surface area (Å²) in [5, 5.41) is 3.44. The number of anilines is 1. The van der Waals surface area contributed by atoms with Gasteiger partial charge in [0.15, 0.2) is 0 Å². The third kappa shape index (κ3) is 4.10. The fraction of sp³-hybridized carbons (Fsp3) is 0.611. The minimum Gasteiger partial charge on any atom is -0.315 e. The molecular weight excluding hydrogens is 288 g/mol.